The Hall–Kier alpha value is -4.77. The molecule has 15 nitrogen and oxygen atoms in total. The van der Waals surface area contributed by atoms with Crippen LogP contribution in [0.3, 0.4) is 0 Å². The molecule has 3 aromatic rings. The Bertz CT molecular complexity index is 2110. The maximum atomic E-state index is 14.6. The number of benzene rings is 1. The fourth-order valence-corrected chi connectivity index (χ4v) is 8.63. The maximum absolute atomic E-state index is 14.6. The Labute approximate surface area is 324 Å². The minimum atomic E-state index is -3.92. The van der Waals surface area contributed by atoms with E-state index in [2.05, 4.69) is 26.9 Å². The van der Waals surface area contributed by atoms with E-state index in [9.17, 15) is 27.6 Å². The van der Waals surface area contributed by atoms with Crippen LogP contribution in [0.4, 0.5) is 4.79 Å². The van der Waals surface area contributed by atoms with E-state index >= 15 is 0 Å². The van der Waals surface area contributed by atoms with Gasteiger partial charge in [-0.15, -0.1) is 17.9 Å². The third-order valence-corrected chi connectivity index (χ3v) is 12.4. The van der Waals surface area contributed by atoms with Crippen LogP contribution in [0.15, 0.2) is 48.5 Å². The molecule has 1 saturated heterocycles. The van der Waals surface area contributed by atoms with Crippen LogP contribution in [0.1, 0.15) is 67.2 Å². The van der Waals surface area contributed by atoms with Crippen molar-refractivity contribution < 1.29 is 41.8 Å². The van der Waals surface area contributed by atoms with Crippen molar-refractivity contribution in [3.63, 3.8) is 0 Å². The number of sulfonamides is 1. The number of carbonyl (C=O) groups excluding carboxylic acids is 4. The second-order valence-electron chi connectivity index (χ2n) is 16.3. The molecular weight excluding hydrogens is 749 g/mol. The van der Waals surface area contributed by atoms with Crippen molar-refractivity contribution in [1.82, 2.24) is 30.2 Å². The van der Waals surface area contributed by atoms with Crippen LogP contribution >= 0.6 is 11.3 Å². The molecule has 3 heterocycles. The highest BCUT2D eigenvalue weighted by Crippen LogP contribution is 2.46. The summed E-state index contributed by atoms with van der Waals surface area (Å²) in [6.45, 7) is 14.1. The SMILES string of the molecule is C=CC1CC1(NC(=O)C1CC(Oc2nc(-c3nccs3)cc3cc(OC)ccc23)CN1C(=O)C(NC(=O)OC(C)(C)C)C(C)(C)C)C(=O)NS(=O)(=O)C1CC1. The lowest BCUT2D eigenvalue weighted by molar-refractivity contribution is -0.143. The van der Waals surface area contributed by atoms with E-state index in [0.717, 1.165) is 5.39 Å². The summed E-state index contributed by atoms with van der Waals surface area (Å²) in [6.07, 6.45) is 2.59. The average molecular weight is 797 g/mol. The normalized spacial score (nSPS) is 23.0. The van der Waals surface area contributed by atoms with Gasteiger partial charge in [-0.05, 0) is 75.1 Å². The monoisotopic (exact) mass is 796 g/mol. The second-order valence-corrected chi connectivity index (χ2v) is 19.2. The van der Waals surface area contributed by atoms with Gasteiger partial charge in [-0.2, -0.15) is 0 Å². The molecule has 0 radical (unpaired) electrons. The highest BCUT2D eigenvalue weighted by Gasteiger charge is 2.62. The van der Waals surface area contributed by atoms with E-state index in [1.807, 2.05) is 23.6 Å². The molecule has 2 aromatic heterocycles. The Kier molecular flexibility index (Phi) is 10.7. The Morgan fingerprint density at radius 2 is 1.84 bits per heavy atom. The number of likely N-dealkylation sites (tertiary alicyclic amines) is 1. The largest absolute Gasteiger partial charge is 0.497 e. The molecular formula is C38H48N6O9S2. The second kappa shape index (κ2) is 14.7. The number of hydrogen-bond donors (Lipinski definition) is 3. The summed E-state index contributed by atoms with van der Waals surface area (Å²) in [5.74, 6) is -1.79. The smallest absolute Gasteiger partial charge is 0.408 e. The molecule has 6 rings (SSSR count). The Balaban J connectivity index is 1.34. The van der Waals surface area contributed by atoms with E-state index in [1.165, 1.54) is 22.3 Å². The number of ether oxygens (including phenoxy) is 3. The van der Waals surface area contributed by atoms with Gasteiger partial charge in [-0.25, -0.2) is 23.2 Å². The van der Waals surface area contributed by atoms with Crippen molar-refractivity contribution in [1.29, 1.82) is 0 Å². The molecule has 0 bridgehead atoms. The van der Waals surface area contributed by atoms with E-state index in [-0.39, 0.29) is 25.3 Å². The molecule has 1 aromatic carbocycles. The molecule has 3 aliphatic rings. The number of rotatable bonds is 12. The number of nitrogens with zero attached hydrogens (tertiary/aromatic N) is 3. The van der Waals surface area contributed by atoms with Crippen LogP contribution < -0.4 is 24.8 Å². The third kappa shape index (κ3) is 8.72. The first-order valence-electron chi connectivity index (χ1n) is 18.1. The quantitative estimate of drug-likeness (QED) is 0.221. The number of thiazole rings is 1. The van der Waals surface area contributed by atoms with Crippen molar-refractivity contribution in [2.45, 2.75) is 102 Å². The fraction of sp³-hybridized carbons (Fsp3) is 0.526. The van der Waals surface area contributed by atoms with Gasteiger partial charge in [0.15, 0.2) is 0 Å². The topological polar surface area (TPSA) is 195 Å². The highest BCUT2D eigenvalue weighted by atomic mass is 32.2. The first-order valence-corrected chi connectivity index (χ1v) is 20.5. The molecule has 5 atom stereocenters. The minimum Gasteiger partial charge on any atom is -0.497 e. The van der Waals surface area contributed by atoms with Gasteiger partial charge in [-0.3, -0.25) is 19.1 Å². The zero-order valence-corrected chi connectivity index (χ0v) is 33.6. The first kappa shape index (κ1) is 39.9. The summed E-state index contributed by atoms with van der Waals surface area (Å²) >= 11 is 1.40. The van der Waals surface area contributed by atoms with Crippen LogP contribution in [0, 0.1) is 11.3 Å². The summed E-state index contributed by atoms with van der Waals surface area (Å²) in [6, 6.07) is 4.98. The lowest BCUT2D eigenvalue weighted by atomic mass is 9.85. The van der Waals surface area contributed by atoms with Crippen molar-refractivity contribution in [2.75, 3.05) is 13.7 Å². The minimum absolute atomic E-state index is 0.0154. The lowest BCUT2D eigenvalue weighted by Crippen LogP contribution is -2.60. The predicted octanol–water partition coefficient (Wildman–Crippen LogP) is 4.32. The molecule has 3 N–H and O–H groups in total. The zero-order chi connectivity index (χ0) is 40.1. The van der Waals surface area contributed by atoms with E-state index in [4.69, 9.17) is 19.2 Å². The van der Waals surface area contributed by atoms with Crippen LogP contribution in [-0.4, -0.2) is 95.3 Å². The summed E-state index contributed by atoms with van der Waals surface area (Å²) in [4.78, 5) is 66.1. The van der Waals surface area contributed by atoms with E-state index in [0.29, 0.717) is 34.7 Å². The van der Waals surface area contributed by atoms with Gasteiger partial charge >= 0.3 is 6.09 Å². The van der Waals surface area contributed by atoms with Crippen molar-refractivity contribution in [2.24, 2.45) is 11.3 Å². The standard InChI is InChI=1S/C38H48N6O9S2/c1-9-22-19-38(22,34(47)43-55(49,50)25-11-12-25)42-30(45)28-18-24(20-44(28)33(46)29(36(2,3)4)41-35(48)53-37(5,6)7)52-31-26-13-10-23(51-8)16-21(26)17-27(40-31)32-39-14-15-54-32/h9-10,13-17,22,24-25,28-29H,1,11-12,18-20H2,2-8H3,(H,41,48)(H,42,45)(H,43,47). The Morgan fingerprint density at radius 1 is 1.11 bits per heavy atom. The zero-order valence-electron chi connectivity index (χ0n) is 32.0. The molecule has 1 aliphatic heterocycles. The number of hydrogen-bond acceptors (Lipinski definition) is 12. The number of carbonyl (C=O) groups is 4. The van der Waals surface area contributed by atoms with Gasteiger partial charge in [0.05, 0.1) is 18.9 Å². The Morgan fingerprint density at radius 3 is 2.42 bits per heavy atom. The number of methoxy groups -OCH3 is 1. The number of aromatic nitrogens is 2. The molecule has 4 amide bonds. The number of alkyl carbamates (subject to hydrolysis) is 1. The molecule has 5 unspecified atom stereocenters. The maximum Gasteiger partial charge on any atom is 0.408 e. The highest BCUT2D eigenvalue weighted by molar-refractivity contribution is 7.91. The molecule has 2 saturated carbocycles. The van der Waals surface area contributed by atoms with Gasteiger partial charge in [0.25, 0.3) is 5.91 Å². The van der Waals surface area contributed by atoms with E-state index < -0.39 is 79.7 Å². The van der Waals surface area contributed by atoms with Crippen LogP contribution in [0.25, 0.3) is 21.5 Å². The molecule has 296 valence electrons. The molecule has 3 fully saturated rings. The van der Waals surface area contributed by atoms with Crippen molar-refractivity contribution in [3.05, 3.63) is 48.5 Å². The van der Waals surface area contributed by atoms with Crippen LogP contribution in [0.5, 0.6) is 11.6 Å². The molecule has 0 spiro atoms. The van der Waals surface area contributed by atoms with Gasteiger partial charge in [0.1, 0.15) is 45.8 Å². The number of fused-ring (bicyclic) bond motifs is 1. The van der Waals surface area contributed by atoms with Crippen molar-refractivity contribution >= 4 is 55.9 Å². The fourth-order valence-electron chi connectivity index (χ4n) is 6.67. The molecule has 17 heteroatoms. The first-order chi connectivity index (χ1) is 25.7. The molecule has 55 heavy (non-hydrogen) atoms. The van der Waals surface area contributed by atoms with Gasteiger partial charge in [0, 0.05) is 29.3 Å². The van der Waals surface area contributed by atoms with Gasteiger partial charge in [-0.1, -0.05) is 26.8 Å². The molecule has 2 aliphatic carbocycles. The van der Waals surface area contributed by atoms with Gasteiger partial charge < -0.3 is 29.7 Å². The number of nitrogens with one attached hydrogen (secondary N) is 3. The third-order valence-electron chi connectivity index (χ3n) is 9.80. The lowest BCUT2D eigenvalue weighted by Gasteiger charge is -2.36. The van der Waals surface area contributed by atoms with E-state index in [1.54, 1.807) is 60.9 Å². The summed E-state index contributed by atoms with van der Waals surface area (Å²) in [5.41, 5.74) is -2.70. The van der Waals surface area contributed by atoms with Crippen LogP contribution in [-0.2, 0) is 29.1 Å². The van der Waals surface area contributed by atoms with Gasteiger partial charge in [0.2, 0.25) is 27.7 Å². The number of amides is 4. The summed E-state index contributed by atoms with van der Waals surface area (Å²) in [7, 11) is -2.35. The van der Waals surface area contributed by atoms with Crippen molar-refractivity contribution in [3.8, 4) is 22.3 Å². The summed E-state index contributed by atoms with van der Waals surface area (Å²) in [5, 5.41) is 8.77. The average Bonchev–Trinajstić information content (AvgIpc) is 3.97. The predicted molar refractivity (Wildman–Crippen MR) is 206 cm³/mol. The van der Waals surface area contributed by atoms with Crippen LogP contribution in [0.2, 0.25) is 0 Å². The summed E-state index contributed by atoms with van der Waals surface area (Å²) < 4.78 is 45.2. The number of pyridine rings is 1.